The summed E-state index contributed by atoms with van der Waals surface area (Å²) in [5.41, 5.74) is -0.519. The first-order valence-corrected chi connectivity index (χ1v) is 6.67. The van der Waals surface area contributed by atoms with Gasteiger partial charge in [-0.1, -0.05) is 19.8 Å². The van der Waals surface area contributed by atoms with Gasteiger partial charge in [0.15, 0.2) is 0 Å². The maximum atomic E-state index is 12.2. The van der Waals surface area contributed by atoms with Crippen LogP contribution in [0.15, 0.2) is 23.1 Å². The number of aliphatic hydroxyl groups excluding tert-OH is 1. The van der Waals surface area contributed by atoms with Gasteiger partial charge in [0.1, 0.15) is 0 Å². The monoisotopic (exact) mass is 264 g/mol. The zero-order chi connectivity index (χ0) is 13.9. The highest BCUT2D eigenvalue weighted by Crippen LogP contribution is 2.32. The summed E-state index contributed by atoms with van der Waals surface area (Å²) in [4.78, 5) is 25.8. The summed E-state index contributed by atoms with van der Waals surface area (Å²) in [6.07, 6.45) is 5.13. The summed E-state index contributed by atoms with van der Waals surface area (Å²) in [6.45, 7) is 2.06. The Kier molecular flexibility index (Phi) is 4.04. The number of carbonyl (C=O) groups is 1. The topological polar surface area (TPSA) is 82.2 Å². The average molecular weight is 264 g/mol. The SMILES string of the molecule is CC1CCCC(CO)(NC(=O)c2cc[nH]c(=O)c2)C1. The van der Waals surface area contributed by atoms with Crippen LogP contribution in [0.4, 0.5) is 0 Å². The molecule has 0 aromatic carbocycles. The Balaban J connectivity index is 2.14. The molecule has 2 rings (SSSR count). The molecule has 5 nitrogen and oxygen atoms in total. The Hall–Kier alpha value is -1.62. The van der Waals surface area contributed by atoms with Crippen LogP contribution in [0, 0.1) is 5.92 Å². The second-order valence-corrected chi connectivity index (χ2v) is 5.54. The molecule has 0 radical (unpaired) electrons. The molecule has 104 valence electrons. The van der Waals surface area contributed by atoms with E-state index in [4.69, 9.17) is 0 Å². The minimum absolute atomic E-state index is 0.0632. The highest BCUT2D eigenvalue weighted by molar-refractivity contribution is 5.94. The summed E-state index contributed by atoms with van der Waals surface area (Å²) < 4.78 is 0. The quantitative estimate of drug-likeness (QED) is 0.763. The molecule has 2 unspecified atom stereocenters. The fourth-order valence-electron chi connectivity index (χ4n) is 2.86. The second-order valence-electron chi connectivity index (χ2n) is 5.54. The number of carbonyl (C=O) groups excluding carboxylic acids is 1. The molecule has 0 saturated heterocycles. The van der Waals surface area contributed by atoms with Crippen molar-refractivity contribution in [2.24, 2.45) is 5.92 Å². The van der Waals surface area contributed by atoms with Gasteiger partial charge >= 0.3 is 0 Å². The maximum absolute atomic E-state index is 12.2. The van der Waals surface area contributed by atoms with Crippen LogP contribution < -0.4 is 10.9 Å². The number of amides is 1. The first-order valence-electron chi connectivity index (χ1n) is 6.67. The van der Waals surface area contributed by atoms with Crippen molar-refractivity contribution in [3.05, 3.63) is 34.2 Å². The summed E-state index contributed by atoms with van der Waals surface area (Å²) in [5, 5.41) is 12.5. The lowest BCUT2D eigenvalue weighted by atomic mass is 9.76. The van der Waals surface area contributed by atoms with E-state index in [1.165, 1.54) is 12.3 Å². The lowest BCUT2D eigenvalue weighted by Gasteiger charge is -2.39. The summed E-state index contributed by atoms with van der Waals surface area (Å²) >= 11 is 0. The second kappa shape index (κ2) is 5.57. The highest BCUT2D eigenvalue weighted by Gasteiger charge is 2.35. The van der Waals surface area contributed by atoms with Crippen LogP contribution in [-0.2, 0) is 0 Å². The van der Waals surface area contributed by atoms with E-state index in [1.54, 1.807) is 6.07 Å². The smallest absolute Gasteiger partial charge is 0.252 e. The van der Waals surface area contributed by atoms with Crippen LogP contribution in [0.1, 0.15) is 43.0 Å². The normalized spacial score (nSPS) is 26.9. The standard InChI is InChI=1S/C14H20N2O3/c1-10-3-2-5-14(8-10,9-17)16-13(19)11-4-6-15-12(18)7-11/h4,6-7,10,17H,2-3,5,8-9H2,1H3,(H,15,18)(H,16,19). The molecule has 1 aromatic heterocycles. The van der Waals surface area contributed by atoms with Crippen molar-refractivity contribution in [2.45, 2.75) is 38.1 Å². The lowest BCUT2D eigenvalue weighted by Crippen LogP contribution is -2.53. The number of pyridine rings is 1. The third kappa shape index (κ3) is 3.23. The van der Waals surface area contributed by atoms with Crippen LogP contribution >= 0.6 is 0 Å². The Bertz CT molecular complexity index is 511. The Morgan fingerprint density at radius 2 is 2.42 bits per heavy atom. The fourth-order valence-corrected chi connectivity index (χ4v) is 2.86. The van der Waals surface area contributed by atoms with Gasteiger partial charge in [-0.05, 0) is 24.8 Å². The van der Waals surface area contributed by atoms with Crippen molar-refractivity contribution >= 4 is 5.91 Å². The van der Waals surface area contributed by atoms with Gasteiger partial charge in [0.2, 0.25) is 5.56 Å². The molecule has 0 aliphatic heterocycles. The Morgan fingerprint density at radius 1 is 1.63 bits per heavy atom. The van der Waals surface area contributed by atoms with Crippen molar-refractivity contribution in [1.82, 2.24) is 10.3 Å². The van der Waals surface area contributed by atoms with Crippen molar-refractivity contribution in [1.29, 1.82) is 0 Å². The number of hydrogen-bond donors (Lipinski definition) is 3. The van der Waals surface area contributed by atoms with Crippen LogP contribution in [0.5, 0.6) is 0 Å². The minimum Gasteiger partial charge on any atom is -0.394 e. The molecular formula is C14H20N2O3. The van der Waals surface area contributed by atoms with Gasteiger partial charge in [-0.2, -0.15) is 0 Å². The van der Waals surface area contributed by atoms with Gasteiger partial charge in [-0.25, -0.2) is 0 Å². The largest absolute Gasteiger partial charge is 0.394 e. The van der Waals surface area contributed by atoms with Crippen LogP contribution in [0.3, 0.4) is 0 Å². The van der Waals surface area contributed by atoms with Crippen LogP contribution in [0.2, 0.25) is 0 Å². The van der Waals surface area contributed by atoms with E-state index in [1.807, 2.05) is 0 Å². The van der Waals surface area contributed by atoms with E-state index in [2.05, 4.69) is 17.2 Å². The van der Waals surface area contributed by atoms with E-state index in [0.717, 1.165) is 25.7 Å². The number of rotatable bonds is 3. The minimum atomic E-state index is -0.544. The molecule has 1 aromatic rings. The molecule has 0 bridgehead atoms. The predicted octanol–water partition coefficient (Wildman–Crippen LogP) is 1.05. The van der Waals surface area contributed by atoms with Gasteiger partial charge in [0.25, 0.3) is 5.91 Å². The predicted molar refractivity (Wildman–Crippen MR) is 72.0 cm³/mol. The van der Waals surface area contributed by atoms with Gasteiger partial charge in [-0.3, -0.25) is 9.59 Å². The van der Waals surface area contributed by atoms with Crippen molar-refractivity contribution in [3.63, 3.8) is 0 Å². The summed E-state index contributed by atoms with van der Waals surface area (Å²) in [6, 6.07) is 2.83. The molecule has 1 heterocycles. The zero-order valence-electron chi connectivity index (χ0n) is 11.1. The van der Waals surface area contributed by atoms with Gasteiger partial charge < -0.3 is 15.4 Å². The van der Waals surface area contributed by atoms with E-state index < -0.39 is 5.54 Å². The van der Waals surface area contributed by atoms with Crippen molar-refractivity contribution < 1.29 is 9.90 Å². The zero-order valence-corrected chi connectivity index (χ0v) is 11.1. The molecule has 1 saturated carbocycles. The Labute approximate surface area is 112 Å². The fraction of sp³-hybridized carbons (Fsp3) is 0.571. The number of aromatic nitrogens is 1. The number of H-pyrrole nitrogens is 1. The molecule has 1 fully saturated rings. The number of nitrogens with one attached hydrogen (secondary N) is 2. The number of aliphatic hydroxyl groups is 1. The summed E-state index contributed by atoms with van der Waals surface area (Å²) in [7, 11) is 0. The van der Waals surface area contributed by atoms with Crippen LogP contribution in [-0.4, -0.2) is 28.1 Å². The average Bonchev–Trinajstić information content (AvgIpc) is 2.38. The molecular weight excluding hydrogens is 244 g/mol. The van der Waals surface area contributed by atoms with Gasteiger partial charge in [0.05, 0.1) is 12.1 Å². The first-order chi connectivity index (χ1) is 9.04. The number of hydrogen-bond acceptors (Lipinski definition) is 3. The lowest BCUT2D eigenvalue weighted by molar-refractivity contribution is 0.0697. The molecule has 5 heteroatoms. The highest BCUT2D eigenvalue weighted by atomic mass is 16.3. The molecule has 2 atom stereocenters. The van der Waals surface area contributed by atoms with Crippen LogP contribution in [0.25, 0.3) is 0 Å². The van der Waals surface area contributed by atoms with Gasteiger partial charge in [-0.15, -0.1) is 0 Å². The third-order valence-corrected chi connectivity index (χ3v) is 3.81. The van der Waals surface area contributed by atoms with Crippen molar-refractivity contribution in [2.75, 3.05) is 6.61 Å². The molecule has 19 heavy (non-hydrogen) atoms. The molecule has 0 spiro atoms. The van der Waals surface area contributed by atoms with Crippen molar-refractivity contribution in [3.8, 4) is 0 Å². The third-order valence-electron chi connectivity index (χ3n) is 3.81. The molecule has 3 N–H and O–H groups in total. The number of aromatic amines is 1. The maximum Gasteiger partial charge on any atom is 0.252 e. The Morgan fingerprint density at radius 3 is 3.05 bits per heavy atom. The van der Waals surface area contributed by atoms with Gasteiger partial charge in [0, 0.05) is 17.8 Å². The van der Waals surface area contributed by atoms with E-state index in [-0.39, 0.29) is 18.1 Å². The molecule has 1 amide bonds. The van der Waals surface area contributed by atoms with E-state index >= 15 is 0 Å². The van der Waals surface area contributed by atoms with E-state index in [0.29, 0.717) is 11.5 Å². The molecule has 1 aliphatic rings. The summed E-state index contributed by atoms with van der Waals surface area (Å²) in [5.74, 6) is 0.189. The molecule has 1 aliphatic carbocycles. The van der Waals surface area contributed by atoms with E-state index in [9.17, 15) is 14.7 Å². The first kappa shape index (κ1) is 13.8.